The number of nitrogens with zero attached hydrogens (tertiary/aromatic N) is 2. The van der Waals surface area contributed by atoms with Gasteiger partial charge in [-0.3, -0.25) is 19.5 Å². The van der Waals surface area contributed by atoms with E-state index in [0.717, 1.165) is 11.1 Å². The van der Waals surface area contributed by atoms with E-state index in [0.29, 0.717) is 35.1 Å². The van der Waals surface area contributed by atoms with E-state index in [2.05, 4.69) is 18.8 Å². The Kier molecular flexibility index (Phi) is 6.50. The topological polar surface area (TPSA) is 79.7 Å². The van der Waals surface area contributed by atoms with Crippen LogP contribution in [0.4, 0.5) is 5.69 Å². The van der Waals surface area contributed by atoms with Crippen molar-refractivity contribution >= 4 is 23.1 Å². The first-order valence-electron chi connectivity index (χ1n) is 11.3. The number of aliphatic hydroxyl groups excluding tert-OH is 1. The van der Waals surface area contributed by atoms with Gasteiger partial charge in [0.25, 0.3) is 11.7 Å². The molecule has 174 valence electrons. The lowest BCUT2D eigenvalue weighted by molar-refractivity contribution is -0.132. The van der Waals surface area contributed by atoms with Crippen molar-refractivity contribution in [3.05, 3.63) is 94.8 Å². The average Bonchev–Trinajstić information content (AvgIpc) is 3.08. The van der Waals surface area contributed by atoms with Gasteiger partial charge in [-0.2, -0.15) is 0 Å². The third-order valence-corrected chi connectivity index (χ3v) is 5.77. The molecule has 1 saturated heterocycles. The van der Waals surface area contributed by atoms with Crippen LogP contribution in [0, 0.1) is 19.8 Å². The Labute approximate surface area is 199 Å². The summed E-state index contributed by atoms with van der Waals surface area (Å²) in [6, 6.07) is 15.3. The smallest absolute Gasteiger partial charge is 0.300 e. The van der Waals surface area contributed by atoms with E-state index in [-0.39, 0.29) is 11.3 Å². The fraction of sp³-hybridized carbons (Fsp3) is 0.250. The third-order valence-electron chi connectivity index (χ3n) is 5.77. The summed E-state index contributed by atoms with van der Waals surface area (Å²) in [5.41, 5.74) is 3.65. The van der Waals surface area contributed by atoms with Gasteiger partial charge in [0.05, 0.1) is 18.2 Å². The van der Waals surface area contributed by atoms with Crippen molar-refractivity contribution < 1.29 is 19.4 Å². The third kappa shape index (κ3) is 4.44. The maximum Gasteiger partial charge on any atom is 0.300 e. The molecule has 1 aliphatic heterocycles. The molecular formula is C28H28N2O4. The fourth-order valence-corrected chi connectivity index (χ4v) is 4.14. The van der Waals surface area contributed by atoms with Crippen molar-refractivity contribution in [3.8, 4) is 5.75 Å². The molecule has 1 amide bonds. The number of carbonyl (C=O) groups is 2. The van der Waals surface area contributed by atoms with Crippen molar-refractivity contribution in [1.82, 2.24) is 4.98 Å². The van der Waals surface area contributed by atoms with Gasteiger partial charge < -0.3 is 9.84 Å². The average molecular weight is 457 g/mol. The molecular weight excluding hydrogens is 428 g/mol. The summed E-state index contributed by atoms with van der Waals surface area (Å²) in [6.07, 6.45) is 3.24. The maximum atomic E-state index is 13.3. The summed E-state index contributed by atoms with van der Waals surface area (Å²) < 4.78 is 5.72. The molecule has 2 aromatic carbocycles. The van der Waals surface area contributed by atoms with Crippen LogP contribution in [0.25, 0.3) is 5.76 Å². The van der Waals surface area contributed by atoms with Crippen LogP contribution in [0.1, 0.15) is 42.1 Å². The number of amides is 1. The predicted molar refractivity (Wildman–Crippen MR) is 132 cm³/mol. The van der Waals surface area contributed by atoms with Crippen molar-refractivity contribution in [1.29, 1.82) is 0 Å². The van der Waals surface area contributed by atoms with Crippen molar-refractivity contribution in [2.75, 3.05) is 11.5 Å². The zero-order chi connectivity index (χ0) is 24.4. The molecule has 1 atom stereocenters. The summed E-state index contributed by atoms with van der Waals surface area (Å²) in [7, 11) is 0. The number of hydrogen-bond donors (Lipinski definition) is 1. The molecule has 6 nitrogen and oxygen atoms in total. The molecule has 1 unspecified atom stereocenters. The van der Waals surface area contributed by atoms with E-state index in [1.807, 2.05) is 32.0 Å². The number of anilines is 1. The number of hydrogen-bond acceptors (Lipinski definition) is 5. The number of ketones is 1. The highest BCUT2D eigenvalue weighted by Crippen LogP contribution is 2.43. The van der Waals surface area contributed by atoms with E-state index in [4.69, 9.17) is 4.74 Å². The van der Waals surface area contributed by atoms with E-state index < -0.39 is 17.7 Å². The van der Waals surface area contributed by atoms with Crippen LogP contribution in [-0.4, -0.2) is 28.4 Å². The highest BCUT2D eigenvalue weighted by molar-refractivity contribution is 6.51. The van der Waals surface area contributed by atoms with Crippen LogP contribution in [0.2, 0.25) is 0 Å². The Bertz CT molecular complexity index is 1250. The highest BCUT2D eigenvalue weighted by atomic mass is 16.5. The van der Waals surface area contributed by atoms with Crippen LogP contribution in [-0.2, 0) is 9.59 Å². The van der Waals surface area contributed by atoms with Gasteiger partial charge in [0.1, 0.15) is 11.5 Å². The Morgan fingerprint density at radius 2 is 1.82 bits per heavy atom. The standard InChI is InChI=1S/C28H28N2O4/c1-17(2)16-34-22-10-8-20(9-11-22)26(31)24-25(21-6-5-13-29-15-21)30(28(33)27(24)32)23-12-7-18(3)14-19(23)4/h5-15,17,25,31H,16H2,1-4H3/b26-24+. The van der Waals surface area contributed by atoms with Gasteiger partial charge >= 0.3 is 0 Å². The molecule has 34 heavy (non-hydrogen) atoms. The largest absolute Gasteiger partial charge is 0.507 e. The second kappa shape index (κ2) is 9.51. The van der Waals surface area contributed by atoms with Crippen LogP contribution < -0.4 is 9.64 Å². The monoisotopic (exact) mass is 456 g/mol. The number of aryl methyl sites for hydroxylation is 2. The summed E-state index contributed by atoms with van der Waals surface area (Å²) >= 11 is 0. The fourth-order valence-electron chi connectivity index (χ4n) is 4.14. The number of aliphatic hydroxyl groups is 1. The SMILES string of the molecule is Cc1ccc(N2C(=O)C(=O)/C(=C(/O)c3ccc(OCC(C)C)cc3)C2c2cccnc2)c(C)c1. The van der Waals surface area contributed by atoms with Crippen molar-refractivity contribution in [2.45, 2.75) is 33.7 Å². The molecule has 4 rings (SSSR count). The van der Waals surface area contributed by atoms with Gasteiger partial charge in [-0.15, -0.1) is 0 Å². The minimum Gasteiger partial charge on any atom is -0.507 e. The number of rotatable bonds is 6. The van der Waals surface area contributed by atoms with E-state index >= 15 is 0 Å². The number of benzene rings is 2. The molecule has 2 heterocycles. The van der Waals surface area contributed by atoms with Gasteiger partial charge in [-0.25, -0.2) is 0 Å². The molecule has 1 aromatic heterocycles. The van der Waals surface area contributed by atoms with Gasteiger partial charge in [0.15, 0.2) is 0 Å². The quantitative estimate of drug-likeness (QED) is 0.307. The Morgan fingerprint density at radius 3 is 2.44 bits per heavy atom. The van der Waals surface area contributed by atoms with E-state index in [1.54, 1.807) is 48.8 Å². The lowest BCUT2D eigenvalue weighted by Crippen LogP contribution is -2.30. The summed E-state index contributed by atoms with van der Waals surface area (Å²) in [6.45, 7) is 8.57. The number of pyridine rings is 1. The minimum atomic E-state index is -0.799. The number of aromatic nitrogens is 1. The Balaban J connectivity index is 1.82. The van der Waals surface area contributed by atoms with Gasteiger partial charge in [-0.05, 0) is 67.3 Å². The maximum absolute atomic E-state index is 13.3. The van der Waals surface area contributed by atoms with Crippen LogP contribution in [0.15, 0.2) is 72.6 Å². The number of ether oxygens (including phenoxy) is 1. The molecule has 1 fully saturated rings. The summed E-state index contributed by atoms with van der Waals surface area (Å²) in [4.78, 5) is 32.2. The van der Waals surface area contributed by atoms with E-state index in [1.165, 1.54) is 4.90 Å². The molecule has 1 aliphatic rings. The first kappa shape index (κ1) is 23.2. The van der Waals surface area contributed by atoms with Crippen molar-refractivity contribution in [2.24, 2.45) is 5.92 Å². The normalized spacial score (nSPS) is 17.4. The zero-order valence-electron chi connectivity index (χ0n) is 19.8. The number of Topliss-reactive ketones (excluding diaryl/α,β-unsaturated/α-hetero) is 1. The lowest BCUT2D eigenvalue weighted by Gasteiger charge is -2.26. The summed E-state index contributed by atoms with van der Waals surface area (Å²) in [5.74, 6) is -0.584. The molecule has 3 aromatic rings. The van der Waals surface area contributed by atoms with Crippen LogP contribution >= 0.6 is 0 Å². The van der Waals surface area contributed by atoms with Gasteiger partial charge in [0.2, 0.25) is 0 Å². The van der Waals surface area contributed by atoms with Crippen LogP contribution in [0.3, 0.4) is 0 Å². The highest BCUT2D eigenvalue weighted by Gasteiger charge is 2.47. The van der Waals surface area contributed by atoms with Crippen molar-refractivity contribution in [3.63, 3.8) is 0 Å². The summed E-state index contributed by atoms with van der Waals surface area (Å²) in [5, 5.41) is 11.2. The van der Waals surface area contributed by atoms with Crippen LogP contribution in [0.5, 0.6) is 5.75 Å². The zero-order valence-corrected chi connectivity index (χ0v) is 19.8. The minimum absolute atomic E-state index is 0.0359. The first-order chi connectivity index (χ1) is 16.3. The predicted octanol–water partition coefficient (Wildman–Crippen LogP) is 5.36. The first-order valence-corrected chi connectivity index (χ1v) is 11.3. The molecule has 0 saturated carbocycles. The Morgan fingerprint density at radius 1 is 1.09 bits per heavy atom. The molecule has 0 spiro atoms. The Hall–Kier alpha value is -3.93. The molecule has 0 aliphatic carbocycles. The lowest BCUT2D eigenvalue weighted by atomic mass is 9.96. The second-order valence-corrected chi connectivity index (χ2v) is 8.97. The van der Waals surface area contributed by atoms with Gasteiger partial charge in [-0.1, -0.05) is 37.6 Å². The van der Waals surface area contributed by atoms with E-state index in [9.17, 15) is 14.7 Å². The molecule has 1 N–H and O–H groups in total. The van der Waals surface area contributed by atoms with Gasteiger partial charge in [0, 0.05) is 23.6 Å². The molecule has 0 bridgehead atoms. The molecule has 6 heteroatoms. The second-order valence-electron chi connectivity index (χ2n) is 8.97. The number of carbonyl (C=O) groups excluding carboxylic acids is 2. The molecule has 0 radical (unpaired) electrons.